The standard InChI is InChI=1S/C14H12N3O2/c1-10-13(14(18)17(19)12-7-8-12)9-15-16(10)11-5-3-2-4-6-11/h2-7,9H,8H2,1H3/q-1. The third-order valence-electron chi connectivity index (χ3n) is 3.07. The summed E-state index contributed by atoms with van der Waals surface area (Å²) < 4.78 is 1.66. The lowest BCUT2D eigenvalue weighted by atomic mass is 10.2. The summed E-state index contributed by atoms with van der Waals surface area (Å²) in [6, 6.07) is 9.49. The van der Waals surface area contributed by atoms with Crippen LogP contribution >= 0.6 is 0 Å². The van der Waals surface area contributed by atoms with E-state index < -0.39 is 5.91 Å². The van der Waals surface area contributed by atoms with Crippen LogP contribution in [0.25, 0.3) is 5.69 Å². The van der Waals surface area contributed by atoms with Gasteiger partial charge in [-0.25, -0.2) is 4.68 Å². The highest BCUT2D eigenvalue weighted by Gasteiger charge is 2.20. The van der Waals surface area contributed by atoms with Crippen molar-refractivity contribution in [1.29, 1.82) is 0 Å². The smallest absolute Gasteiger partial charge is 0.250 e. The predicted octanol–water partition coefficient (Wildman–Crippen LogP) is 2.41. The number of allylic oxidation sites excluding steroid dienone is 2. The van der Waals surface area contributed by atoms with Gasteiger partial charge in [0.15, 0.2) is 0 Å². The van der Waals surface area contributed by atoms with Crippen LogP contribution in [0, 0.1) is 12.1 Å². The first-order chi connectivity index (χ1) is 9.18. The molecule has 1 aromatic carbocycles. The second-order valence-electron chi connectivity index (χ2n) is 4.39. The zero-order valence-electron chi connectivity index (χ0n) is 10.4. The van der Waals surface area contributed by atoms with Crippen LogP contribution in [0.5, 0.6) is 0 Å². The molecule has 0 fully saturated rings. The van der Waals surface area contributed by atoms with Gasteiger partial charge in [-0.05, 0) is 19.1 Å². The maximum absolute atomic E-state index is 12.0. The molecule has 0 saturated carbocycles. The van der Waals surface area contributed by atoms with E-state index in [1.54, 1.807) is 17.7 Å². The van der Waals surface area contributed by atoms with Crippen LogP contribution in [0.3, 0.4) is 0 Å². The van der Waals surface area contributed by atoms with Gasteiger partial charge in [0.25, 0.3) is 5.91 Å². The van der Waals surface area contributed by atoms with Gasteiger partial charge >= 0.3 is 0 Å². The van der Waals surface area contributed by atoms with E-state index >= 15 is 0 Å². The summed E-state index contributed by atoms with van der Waals surface area (Å²) in [4.78, 5) is 12.0. The number of carbonyl (C=O) groups is 1. The topological polar surface area (TPSA) is 61.2 Å². The van der Waals surface area contributed by atoms with E-state index in [1.807, 2.05) is 30.3 Å². The summed E-state index contributed by atoms with van der Waals surface area (Å²) in [5.41, 5.74) is 2.39. The molecule has 0 saturated heterocycles. The van der Waals surface area contributed by atoms with Crippen molar-refractivity contribution >= 4 is 5.91 Å². The molecule has 0 N–H and O–H groups in total. The maximum Gasteiger partial charge on any atom is 0.250 e. The normalized spacial score (nSPS) is 13.1. The summed E-state index contributed by atoms with van der Waals surface area (Å²) in [5.74, 6) is -0.552. The van der Waals surface area contributed by atoms with Crippen LogP contribution in [-0.4, -0.2) is 20.8 Å². The van der Waals surface area contributed by atoms with E-state index in [-0.39, 0.29) is 0 Å². The van der Waals surface area contributed by atoms with Gasteiger partial charge in [0.1, 0.15) is 0 Å². The van der Waals surface area contributed by atoms with Crippen molar-refractivity contribution in [3.8, 4) is 5.69 Å². The molecule has 1 amide bonds. The van der Waals surface area contributed by atoms with Gasteiger partial charge in [0.05, 0.1) is 23.1 Å². The lowest BCUT2D eigenvalue weighted by Gasteiger charge is -2.24. The van der Waals surface area contributed by atoms with Gasteiger partial charge in [0, 0.05) is 12.1 Å². The summed E-state index contributed by atoms with van der Waals surface area (Å²) in [6.07, 6.45) is 3.77. The van der Waals surface area contributed by atoms with Crippen LogP contribution in [0.1, 0.15) is 22.5 Å². The SMILES string of the molecule is Cc1c(C(=O)N([O-])C2=CC2)cnn1-c1ccccc1. The van der Waals surface area contributed by atoms with E-state index in [0.717, 1.165) is 5.69 Å². The molecule has 96 valence electrons. The predicted molar refractivity (Wildman–Crippen MR) is 70.5 cm³/mol. The van der Waals surface area contributed by atoms with E-state index in [1.165, 1.54) is 6.20 Å². The Bertz CT molecular complexity index is 659. The van der Waals surface area contributed by atoms with Gasteiger partial charge in [-0.15, -0.1) is 0 Å². The van der Waals surface area contributed by atoms with Crippen molar-refractivity contribution in [2.45, 2.75) is 13.3 Å². The average molecular weight is 254 g/mol. The molecule has 0 bridgehead atoms. The molecule has 0 atom stereocenters. The van der Waals surface area contributed by atoms with Gasteiger partial charge in [0.2, 0.25) is 0 Å². The first-order valence-corrected chi connectivity index (χ1v) is 5.99. The average Bonchev–Trinajstić information content (AvgIpc) is 3.21. The maximum atomic E-state index is 12.0. The van der Waals surface area contributed by atoms with Crippen molar-refractivity contribution in [2.75, 3.05) is 0 Å². The van der Waals surface area contributed by atoms with Crippen LogP contribution in [0.4, 0.5) is 0 Å². The van der Waals surface area contributed by atoms with Crippen molar-refractivity contribution in [3.05, 3.63) is 64.8 Å². The van der Waals surface area contributed by atoms with Crippen LogP contribution in [-0.2, 0) is 0 Å². The largest absolute Gasteiger partial charge is 0.752 e. The number of aromatic nitrogens is 2. The molecule has 2 aromatic rings. The lowest BCUT2D eigenvalue weighted by Crippen LogP contribution is -2.21. The number of hydrogen-bond donors (Lipinski definition) is 0. The number of rotatable bonds is 3. The fourth-order valence-corrected chi connectivity index (χ4v) is 1.90. The number of hydrogen-bond acceptors (Lipinski definition) is 3. The monoisotopic (exact) mass is 254 g/mol. The van der Waals surface area contributed by atoms with Crippen molar-refractivity contribution in [2.24, 2.45) is 0 Å². The Labute approximate surface area is 110 Å². The fraction of sp³-hybridized carbons (Fsp3) is 0.143. The molecule has 0 radical (unpaired) electrons. The van der Waals surface area contributed by atoms with Crippen LogP contribution < -0.4 is 0 Å². The van der Waals surface area contributed by atoms with Gasteiger partial charge in [-0.3, -0.25) is 4.79 Å². The molecule has 0 unspecified atom stereocenters. The lowest BCUT2D eigenvalue weighted by molar-refractivity contribution is 0.0861. The summed E-state index contributed by atoms with van der Waals surface area (Å²) in [7, 11) is 0. The van der Waals surface area contributed by atoms with Crippen molar-refractivity contribution in [1.82, 2.24) is 14.8 Å². The number of nitrogens with zero attached hydrogens (tertiary/aromatic N) is 3. The highest BCUT2D eigenvalue weighted by Crippen LogP contribution is 2.25. The number of carbonyl (C=O) groups excluding carboxylic acids is 1. The highest BCUT2D eigenvalue weighted by atomic mass is 16.5. The zero-order chi connectivity index (χ0) is 13.4. The van der Waals surface area contributed by atoms with E-state index in [0.29, 0.717) is 28.4 Å². The second kappa shape index (κ2) is 4.37. The number of hydroxylamine groups is 2. The Hall–Kier alpha value is -2.40. The second-order valence-corrected chi connectivity index (χ2v) is 4.39. The molecule has 1 heterocycles. The fourth-order valence-electron chi connectivity index (χ4n) is 1.90. The third-order valence-corrected chi connectivity index (χ3v) is 3.07. The highest BCUT2D eigenvalue weighted by molar-refractivity contribution is 5.97. The third kappa shape index (κ3) is 2.04. The number of benzene rings is 1. The minimum atomic E-state index is -0.552. The number of amides is 1. The van der Waals surface area contributed by atoms with Crippen LogP contribution in [0.2, 0.25) is 0 Å². The van der Waals surface area contributed by atoms with Crippen molar-refractivity contribution in [3.63, 3.8) is 0 Å². The van der Waals surface area contributed by atoms with Gasteiger partial charge < -0.3 is 10.3 Å². The summed E-state index contributed by atoms with van der Waals surface area (Å²) in [6.45, 7) is 1.78. The quantitative estimate of drug-likeness (QED) is 0.790. The van der Waals surface area contributed by atoms with Crippen LogP contribution in [0.15, 0.2) is 48.3 Å². The minimum Gasteiger partial charge on any atom is -0.752 e. The molecule has 5 heteroatoms. The Morgan fingerprint density at radius 3 is 2.68 bits per heavy atom. The molecule has 1 aromatic heterocycles. The molecule has 0 spiro atoms. The zero-order valence-corrected chi connectivity index (χ0v) is 10.4. The minimum absolute atomic E-state index is 0.339. The molecule has 1 aliphatic carbocycles. The van der Waals surface area contributed by atoms with E-state index in [9.17, 15) is 10.0 Å². The molecule has 19 heavy (non-hydrogen) atoms. The Balaban J connectivity index is 1.95. The van der Waals surface area contributed by atoms with Crippen molar-refractivity contribution < 1.29 is 4.79 Å². The molecular weight excluding hydrogens is 242 g/mol. The molecule has 3 rings (SSSR count). The Morgan fingerprint density at radius 1 is 1.37 bits per heavy atom. The molecular formula is C14H12N3O2-. The summed E-state index contributed by atoms with van der Waals surface area (Å²) in [5, 5.41) is 16.3. The molecule has 0 aliphatic heterocycles. The van der Waals surface area contributed by atoms with Gasteiger partial charge in [-0.1, -0.05) is 24.3 Å². The Morgan fingerprint density at radius 2 is 2.05 bits per heavy atom. The molecule has 1 aliphatic rings. The van der Waals surface area contributed by atoms with E-state index in [4.69, 9.17) is 0 Å². The number of para-hydroxylation sites is 1. The van der Waals surface area contributed by atoms with Gasteiger partial charge in [-0.2, -0.15) is 5.10 Å². The summed E-state index contributed by atoms with van der Waals surface area (Å²) >= 11 is 0. The first kappa shape index (κ1) is 11.7. The van der Waals surface area contributed by atoms with E-state index in [2.05, 4.69) is 5.10 Å². The Kier molecular flexibility index (Phi) is 2.68. The molecule has 5 nitrogen and oxygen atoms in total. The first-order valence-electron chi connectivity index (χ1n) is 5.99.